The van der Waals surface area contributed by atoms with Gasteiger partial charge in [0.05, 0.1) is 23.7 Å². The number of carbonyl (C=O) groups excluding carboxylic acids is 1. The summed E-state index contributed by atoms with van der Waals surface area (Å²) in [7, 11) is -3.58. The quantitative estimate of drug-likeness (QED) is 0.519. The van der Waals surface area contributed by atoms with Crippen LogP contribution in [0, 0.1) is 6.92 Å². The molecule has 1 aliphatic heterocycles. The van der Waals surface area contributed by atoms with E-state index in [1.54, 1.807) is 0 Å². The molecule has 0 unspecified atom stereocenters. The third-order valence-electron chi connectivity index (χ3n) is 4.37. The summed E-state index contributed by atoms with van der Waals surface area (Å²) in [5.41, 5.74) is 1.29. The summed E-state index contributed by atoms with van der Waals surface area (Å²) in [6.07, 6.45) is 0. The summed E-state index contributed by atoms with van der Waals surface area (Å²) in [5, 5.41) is 0. The molecule has 7 nitrogen and oxygen atoms in total. The number of esters is 1. The molecule has 2 aromatic rings. The Kier molecular flexibility index (Phi) is 6.66. The fraction of sp³-hybridized carbons (Fsp3) is 0.350. The van der Waals surface area contributed by atoms with Crippen molar-refractivity contribution in [2.75, 3.05) is 39.5 Å². The van der Waals surface area contributed by atoms with Gasteiger partial charge in [0.15, 0.2) is 0 Å². The molecule has 0 amide bonds. The van der Waals surface area contributed by atoms with Gasteiger partial charge in [-0.15, -0.1) is 0 Å². The Morgan fingerprint density at radius 3 is 2.39 bits per heavy atom. The van der Waals surface area contributed by atoms with Crippen molar-refractivity contribution in [2.24, 2.45) is 0 Å². The lowest BCUT2D eigenvalue weighted by Gasteiger charge is -2.26. The van der Waals surface area contributed by atoms with Gasteiger partial charge in [0.1, 0.15) is 19.0 Å². The number of hydrogen-bond donors (Lipinski definition) is 0. The zero-order valence-electron chi connectivity index (χ0n) is 15.7. The number of aryl methyl sites for hydroxylation is 1. The predicted molar refractivity (Wildman–Crippen MR) is 103 cm³/mol. The van der Waals surface area contributed by atoms with Gasteiger partial charge in [-0.25, -0.2) is 13.2 Å². The Morgan fingerprint density at radius 2 is 1.71 bits per heavy atom. The van der Waals surface area contributed by atoms with E-state index in [4.69, 9.17) is 14.2 Å². The van der Waals surface area contributed by atoms with E-state index in [1.165, 1.54) is 28.6 Å². The fourth-order valence-electron chi connectivity index (χ4n) is 2.79. The molecule has 0 aliphatic carbocycles. The van der Waals surface area contributed by atoms with Gasteiger partial charge in [0.2, 0.25) is 10.0 Å². The maximum absolute atomic E-state index is 12.6. The van der Waals surface area contributed by atoms with E-state index in [0.717, 1.165) is 11.3 Å². The van der Waals surface area contributed by atoms with Crippen LogP contribution in [0.25, 0.3) is 0 Å². The van der Waals surface area contributed by atoms with Crippen LogP contribution in [0.4, 0.5) is 0 Å². The molecule has 0 bridgehead atoms. The first kappa shape index (κ1) is 20.3. The first-order chi connectivity index (χ1) is 13.5. The molecule has 1 fully saturated rings. The van der Waals surface area contributed by atoms with Gasteiger partial charge in [-0.2, -0.15) is 4.31 Å². The second-order valence-corrected chi connectivity index (χ2v) is 8.23. The monoisotopic (exact) mass is 405 g/mol. The van der Waals surface area contributed by atoms with Crippen molar-refractivity contribution in [1.29, 1.82) is 0 Å². The highest BCUT2D eigenvalue weighted by Crippen LogP contribution is 2.18. The molecular formula is C20H23NO6S. The molecule has 1 heterocycles. The van der Waals surface area contributed by atoms with Crippen LogP contribution < -0.4 is 4.74 Å². The summed E-state index contributed by atoms with van der Waals surface area (Å²) in [6, 6.07) is 13.3. The molecule has 28 heavy (non-hydrogen) atoms. The molecule has 0 atom stereocenters. The number of nitrogens with zero attached hydrogens (tertiary/aromatic N) is 1. The van der Waals surface area contributed by atoms with Crippen LogP contribution >= 0.6 is 0 Å². The van der Waals surface area contributed by atoms with E-state index < -0.39 is 16.0 Å². The molecule has 3 rings (SSSR count). The standard InChI is InChI=1S/C20H23NO6S/c1-16-4-2-3-5-19(16)26-14-15-27-20(22)17-6-8-18(9-7-17)28(23,24)21-10-12-25-13-11-21/h2-9H,10-15H2,1H3. The second kappa shape index (κ2) is 9.18. The minimum absolute atomic E-state index is 0.0982. The molecule has 150 valence electrons. The maximum atomic E-state index is 12.6. The van der Waals surface area contributed by atoms with Gasteiger partial charge in [0.25, 0.3) is 0 Å². The number of morpholine rings is 1. The van der Waals surface area contributed by atoms with Gasteiger partial charge < -0.3 is 14.2 Å². The van der Waals surface area contributed by atoms with Gasteiger partial charge in [-0.3, -0.25) is 0 Å². The summed E-state index contributed by atoms with van der Waals surface area (Å²) in [5.74, 6) is 0.222. The number of rotatable bonds is 7. The normalized spacial score (nSPS) is 15.2. The maximum Gasteiger partial charge on any atom is 0.338 e. The number of ether oxygens (including phenoxy) is 3. The van der Waals surface area contributed by atoms with Crippen molar-refractivity contribution < 1.29 is 27.4 Å². The Bertz CT molecular complexity index is 905. The summed E-state index contributed by atoms with van der Waals surface area (Å²) in [4.78, 5) is 12.3. The molecule has 0 saturated carbocycles. The largest absolute Gasteiger partial charge is 0.490 e. The highest BCUT2D eigenvalue weighted by Gasteiger charge is 2.26. The number of hydrogen-bond acceptors (Lipinski definition) is 6. The Morgan fingerprint density at radius 1 is 1.04 bits per heavy atom. The van der Waals surface area contributed by atoms with Crippen molar-refractivity contribution in [3.8, 4) is 5.75 Å². The third-order valence-corrected chi connectivity index (χ3v) is 6.28. The van der Waals surface area contributed by atoms with Gasteiger partial charge in [-0.05, 0) is 42.8 Å². The Balaban J connectivity index is 1.53. The van der Waals surface area contributed by atoms with Crippen LogP contribution in [0.2, 0.25) is 0 Å². The molecule has 1 aliphatic rings. The van der Waals surface area contributed by atoms with Gasteiger partial charge in [-0.1, -0.05) is 18.2 Å². The molecule has 0 N–H and O–H groups in total. The molecule has 1 saturated heterocycles. The van der Waals surface area contributed by atoms with Crippen molar-refractivity contribution >= 4 is 16.0 Å². The van der Waals surface area contributed by atoms with Crippen molar-refractivity contribution in [3.05, 3.63) is 59.7 Å². The summed E-state index contributed by atoms with van der Waals surface area (Å²) in [6.45, 7) is 3.69. The van der Waals surface area contributed by atoms with Crippen LogP contribution in [-0.2, 0) is 19.5 Å². The van der Waals surface area contributed by atoms with Gasteiger partial charge in [0, 0.05) is 13.1 Å². The van der Waals surface area contributed by atoms with Crippen LogP contribution in [0.3, 0.4) is 0 Å². The van der Waals surface area contributed by atoms with E-state index in [2.05, 4.69) is 0 Å². The molecule has 0 radical (unpaired) electrons. The van der Waals surface area contributed by atoms with E-state index in [9.17, 15) is 13.2 Å². The number of para-hydroxylation sites is 1. The summed E-state index contributed by atoms with van der Waals surface area (Å²) < 4.78 is 42.5. The van der Waals surface area contributed by atoms with Crippen molar-refractivity contribution in [2.45, 2.75) is 11.8 Å². The lowest BCUT2D eigenvalue weighted by Crippen LogP contribution is -2.40. The number of sulfonamides is 1. The molecule has 8 heteroatoms. The lowest BCUT2D eigenvalue weighted by molar-refractivity contribution is 0.0450. The highest BCUT2D eigenvalue weighted by molar-refractivity contribution is 7.89. The van der Waals surface area contributed by atoms with Crippen LogP contribution in [0.15, 0.2) is 53.4 Å². The predicted octanol–water partition coefficient (Wildman–Crippen LogP) is 2.25. The van der Waals surface area contributed by atoms with E-state index in [0.29, 0.717) is 26.3 Å². The zero-order valence-corrected chi connectivity index (χ0v) is 16.5. The van der Waals surface area contributed by atoms with E-state index in [1.807, 2.05) is 31.2 Å². The molecule has 2 aromatic carbocycles. The first-order valence-corrected chi connectivity index (χ1v) is 10.5. The minimum atomic E-state index is -3.58. The van der Waals surface area contributed by atoms with Crippen LogP contribution in [0.1, 0.15) is 15.9 Å². The third kappa shape index (κ3) is 4.89. The van der Waals surface area contributed by atoms with Crippen LogP contribution in [-0.4, -0.2) is 58.2 Å². The smallest absolute Gasteiger partial charge is 0.338 e. The zero-order chi connectivity index (χ0) is 20.0. The highest BCUT2D eigenvalue weighted by atomic mass is 32.2. The fourth-order valence-corrected chi connectivity index (χ4v) is 4.19. The topological polar surface area (TPSA) is 82.1 Å². The van der Waals surface area contributed by atoms with Crippen molar-refractivity contribution in [3.63, 3.8) is 0 Å². The minimum Gasteiger partial charge on any atom is -0.490 e. The average Bonchev–Trinajstić information content (AvgIpc) is 2.73. The molecule has 0 aromatic heterocycles. The number of benzene rings is 2. The first-order valence-electron chi connectivity index (χ1n) is 9.02. The lowest BCUT2D eigenvalue weighted by atomic mass is 10.2. The Hall–Kier alpha value is -2.42. The van der Waals surface area contributed by atoms with E-state index in [-0.39, 0.29) is 23.7 Å². The SMILES string of the molecule is Cc1ccccc1OCCOC(=O)c1ccc(S(=O)(=O)N2CCOCC2)cc1. The Labute approximate surface area is 164 Å². The molecule has 0 spiro atoms. The number of carbonyl (C=O) groups is 1. The van der Waals surface area contributed by atoms with Crippen molar-refractivity contribution in [1.82, 2.24) is 4.31 Å². The second-order valence-electron chi connectivity index (χ2n) is 6.29. The average molecular weight is 405 g/mol. The van der Waals surface area contributed by atoms with Gasteiger partial charge >= 0.3 is 5.97 Å². The summed E-state index contributed by atoms with van der Waals surface area (Å²) >= 11 is 0. The van der Waals surface area contributed by atoms with Crippen LogP contribution in [0.5, 0.6) is 5.75 Å². The van der Waals surface area contributed by atoms with E-state index >= 15 is 0 Å². The molecular weight excluding hydrogens is 382 g/mol.